The lowest BCUT2D eigenvalue weighted by molar-refractivity contribution is -0.133. The fourth-order valence-corrected chi connectivity index (χ4v) is 2.81. The van der Waals surface area contributed by atoms with E-state index in [1.807, 2.05) is 6.07 Å². The standard InChI is InChI=1S/C16H20N4O3/c17-9-12-4-1-3-11(7-12)8-14(18)15(21)20-6-2-5-13(10-20)19-16(22)23/h1,3-4,7,13-14,19H,2,5-6,8,10,18H2,(H,22,23)/t13-,14?/m1/s1. The summed E-state index contributed by atoms with van der Waals surface area (Å²) in [6.45, 7) is 0.930. The van der Waals surface area contributed by atoms with Gasteiger partial charge in [-0.2, -0.15) is 5.26 Å². The van der Waals surface area contributed by atoms with Crippen LogP contribution in [0.4, 0.5) is 4.79 Å². The van der Waals surface area contributed by atoms with Crippen molar-refractivity contribution in [3.8, 4) is 6.07 Å². The van der Waals surface area contributed by atoms with Crippen molar-refractivity contribution in [3.05, 3.63) is 35.4 Å². The second kappa shape index (κ2) is 7.61. The van der Waals surface area contributed by atoms with Crippen LogP contribution in [0.25, 0.3) is 0 Å². The van der Waals surface area contributed by atoms with E-state index < -0.39 is 12.1 Å². The van der Waals surface area contributed by atoms with E-state index in [0.717, 1.165) is 18.4 Å². The number of nitrogens with two attached hydrogens (primary N) is 1. The minimum absolute atomic E-state index is 0.191. The van der Waals surface area contributed by atoms with Crippen molar-refractivity contribution in [2.45, 2.75) is 31.3 Å². The minimum atomic E-state index is -1.08. The molecule has 1 aromatic rings. The molecule has 4 N–H and O–H groups in total. The van der Waals surface area contributed by atoms with Gasteiger partial charge in [0.05, 0.1) is 17.7 Å². The fourth-order valence-electron chi connectivity index (χ4n) is 2.81. The molecule has 0 saturated carbocycles. The lowest BCUT2D eigenvalue weighted by atomic mass is 10.0. The Balaban J connectivity index is 1.96. The zero-order valence-corrected chi connectivity index (χ0v) is 12.7. The molecule has 0 bridgehead atoms. The zero-order valence-electron chi connectivity index (χ0n) is 12.7. The molecule has 0 spiro atoms. The second-order valence-electron chi connectivity index (χ2n) is 5.70. The summed E-state index contributed by atoms with van der Waals surface area (Å²) in [6.07, 6.45) is 0.729. The number of hydrogen-bond acceptors (Lipinski definition) is 4. The minimum Gasteiger partial charge on any atom is -0.465 e. The Morgan fingerprint density at radius 3 is 3.00 bits per heavy atom. The first-order valence-corrected chi connectivity index (χ1v) is 7.52. The summed E-state index contributed by atoms with van der Waals surface area (Å²) in [5, 5.41) is 20.1. The number of piperidine rings is 1. The quantitative estimate of drug-likeness (QED) is 0.755. The van der Waals surface area contributed by atoms with Gasteiger partial charge in [0.25, 0.3) is 0 Å². The highest BCUT2D eigenvalue weighted by Crippen LogP contribution is 2.13. The van der Waals surface area contributed by atoms with E-state index in [4.69, 9.17) is 16.1 Å². The van der Waals surface area contributed by atoms with Gasteiger partial charge in [0.15, 0.2) is 0 Å². The number of nitrogens with zero attached hydrogens (tertiary/aromatic N) is 2. The van der Waals surface area contributed by atoms with Gasteiger partial charge < -0.3 is 21.1 Å². The average Bonchev–Trinajstić information content (AvgIpc) is 2.54. The van der Waals surface area contributed by atoms with Crippen LogP contribution in [0.2, 0.25) is 0 Å². The first kappa shape index (κ1) is 16.8. The van der Waals surface area contributed by atoms with Gasteiger partial charge in [-0.1, -0.05) is 12.1 Å². The third-order valence-electron chi connectivity index (χ3n) is 3.89. The van der Waals surface area contributed by atoms with E-state index in [9.17, 15) is 9.59 Å². The van der Waals surface area contributed by atoms with Crippen molar-refractivity contribution in [1.82, 2.24) is 10.2 Å². The predicted molar refractivity (Wildman–Crippen MR) is 83.6 cm³/mol. The fraction of sp³-hybridized carbons (Fsp3) is 0.438. The van der Waals surface area contributed by atoms with Crippen LogP contribution >= 0.6 is 0 Å². The topological polar surface area (TPSA) is 119 Å². The molecule has 1 saturated heterocycles. The maximum Gasteiger partial charge on any atom is 0.404 e. The summed E-state index contributed by atoms with van der Waals surface area (Å²) in [5.74, 6) is -0.191. The number of rotatable bonds is 4. The molecule has 23 heavy (non-hydrogen) atoms. The maximum atomic E-state index is 12.4. The number of nitriles is 1. The molecule has 1 unspecified atom stereocenters. The van der Waals surface area contributed by atoms with Gasteiger partial charge in [-0.15, -0.1) is 0 Å². The van der Waals surface area contributed by atoms with Crippen LogP contribution in [0.5, 0.6) is 0 Å². The van der Waals surface area contributed by atoms with Gasteiger partial charge >= 0.3 is 6.09 Å². The van der Waals surface area contributed by atoms with Gasteiger partial charge in [-0.05, 0) is 37.0 Å². The largest absolute Gasteiger partial charge is 0.465 e. The number of amides is 2. The molecule has 2 rings (SSSR count). The molecule has 7 heteroatoms. The highest BCUT2D eigenvalue weighted by Gasteiger charge is 2.27. The Bertz CT molecular complexity index is 626. The van der Waals surface area contributed by atoms with Crippen molar-refractivity contribution in [1.29, 1.82) is 5.26 Å². The Labute approximate surface area is 134 Å². The number of carbonyl (C=O) groups excluding carboxylic acids is 1. The molecule has 1 fully saturated rings. The van der Waals surface area contributed by atoms with Crippen LogP contribution in [-0.4, -0.2) is 47.2 Å². The van der Waals surface area contributed by atoms with Crippen molar-refractivity contribution >= 4 is 12.0 Å². The smallest absolute Gasteiger partial charge is 0.404 e. The molecular weight excluding hydrogens is 296 g/mol. The number of likely N-dealkylation sites (tertiary alicyclic amines) is 1. The van der Waals surface area contributed by atoms with E-state index >= 15 is 0 Å². The monoisotopic (exact) mass is 316 g/mol. The molecule has 0 aliphatic carbocycles. The van der Waals surface area contributed by atoms with E-state index in [-0.39, 0.29) is 11.9 Å². The summed E-state index contributed by atoms with van der Waals surface area (Å²) in [6, 6.07) is 8.12. The molecule has 0 radical (unpaired) electrons. The molecule has 1 aromatic carbocycles. The van der Waals surface area contributed by atoms with Gasteiger partial charge in [0, 0.05) is 19.1 Å². The summed E-state index contributed by atoms with van der Waals surface area (Å²) in [5.41, 5.74) is 7.38. The third kappa shape index (κ3) is 4.69. The first-order chi connectivity index (χ1) is 11.0. The molecule has 0 aromatic heterocycles. The lowest BCUT2D eigenvalue weighted by Crippen LogP contribution is -2.53. The number of hydrogen-bond donors (Lipinski definition) is 3. The molecule has 2 amide bonds. The van der Waals surface area contributed by atoms with Gasteiger partial charge in [0.1, 0.15) is 0 Å². The molecule has 122 valence electrons. The van der Waals surface area contributed by atoms with E-state index in [1.165, 1.54) is 0 Å². The molecule has 1 aliphatic heterocycles. The molecule has 7 nitrogen and oxygen atoms in total. The van der Waals surface area contributed by atoms with Crippen LogP contribution in [-0.2, 0) is 11.2 Å². The van der Waals surface area contributed by atoms with E-state index in [1.54, 1.807) is 23.1 Å². The van der Waals surface area contributed by atoms with Crippen LogP contribution in [0.15, 0.2) is 24.3 Å². The molecule has 1 heterocycles. The van der Waals surface area contributed by atoms with Gasteiger partial charge in [-0.3, -0.25) is 4.79 Å². The number of carbonyl (C=O) groups is 2. The van der Waals surface area contributed by atoms with Crippen molar-refractivity contribution < 1.29 is 14.7 Å². The Morgan fingerprint density at radius 2 is 2.30 bits per heavy atom. The van der Waals surface area contributed by atoms with Gasteiger partial charge in [-0.25, -0.2) is 4.79 Å². The zero-order chi connectivity index (χ0) is 16.8. The summed E-state index contributed by atoms with van der Waals surface area (Å²) in [4.78, 5) is 24.8. The van der Waals surface area contributed by atoms with Crippen molar-refractivity contribution in [2.75, 3.05) is 13.1 Å². The van der Waals surface area contributed by atoms with Crippen molar-refractivity contribution in [2.24, 2.45) is 5.73 Å². The normalized spacial score (nSPS) is 18.8. The Morgan fingerprint density at radius 1 is 1.52 bits per heavy atom. The van der Waals surface area contributed by atoms with E-state index in [2.05, 4.69) is 11.4 Å². The van der Waals surface area contributed by atoms with Crippen LogP contribution in [0.1, 0.15) is 24.0 Å². The first-order valence-electron chi connectivity index (χ1n) is 7.52. The van der Waals surface area contributed by atoms with E-state index in [0.29, 0.717) is 25.1 Å². The highest BCUT2D eigenvalue weighted by molar-refractivity contribution is 5.82. The predicted octanol–water partition coefficient (Wildman–Crippen LogP) is 0.687. The summed E-state index contributed by atoms with van der Waals surface area (Å²) in [7, 11) is 0. The molecule has 1 aliphatic rings. The number of benzene rings is 1. The highest BCUT2D eigenvalue weighted by atomic mass is 16.4. The maximum absolute atomic E-state index is 12.4. The number of carboxylic acid groups (broad SMARTS) is 1. The number of nitrogens with one attached hydrogen (secondary N) is 1. The molecule has 2 atom stereocenters. The summed E-state index contributed by atoms with van der Waals surface area (Å²) >= 11 is 0. The second-order valence-corrected chi connectivity index (χ2v) is 5.70. The van der Waals surface area contributed by atoms with Crippen molar-refractivity contribution in [3.63, 3.8) is 0 Å². The Hall–Kier alpha value is -2.59. The summed E-state index contributed by atoms with van der Waals surface area (Å²) < 4.78 is 0. The molecular formula is C16H20N4O3. The van der Waals surface area contributed by atoms with Crippen LogP contribution in [0.3, 0.4) is 0 Å². The van der Waals surface area contributed by atoms with Crippen LogP contribution in [0, 0.1) is 11.3 Å². The average molecular weight is 316 g/mol. The third-order valence-corrected chi connectivity index (χ3v) is 3.89. The van der Waals surface area contributed by atoms with Crippen LogP contribution < -0.4 is 11.1 Å². The van der Waals surface area contributed by atoms with Gasteiger partial charge in [0.2, 0.25) is 5.91 Å². The SMILES string of the molecule is N#Cc1cccc(CC(N)C(=O)N2CCC[C@@H](NC(=O)O)C2)c1. The lowest BCUT2D eigenvalue weighted by Gasteiger charge is -2.34. The Kier molecular flexibility index (Phi) is 5.55.